The van der Waals surface area contributed by atoms with E-state index in [2.05, 4.69) is 50.8 Å². The Labute approximate surface area is 129 Å². The van der Waals surface area contributed by atoms with Crippen molar-refractivity contribution in [3.05, 3.63) is 23.8 Å². The summed E-state index contributed by atoms with van der Waals surface area (Å²) in [5.41, 5.74) is 9.16. The summed E-state index contributed by atoms with van der Waals surface area (Å²) in [4.78, 5) is 2.36. The van der Waals surface area contributed by atoms with Crippen LogP contribution in [0.3, 0.4) is 0 Å². The highest BCUT2D eigenvalue weighted by Crippen LogP contribution is 2.29. The first kappa shape index (κ1) is 17.4. The molecule has 3 heteroatoms. The van der Waals surface area contributed by atoms with E-state index in [1.807, 2.05) is 13.0 Å². The highest BCUT2D eigenvalue weighted by atomic mass is 15.1. The quantitative estimate of drug-likeness (QED) is 0.756. The van der Waals surface area contributed by atoms with Gasteiger partial charge in [0.2, 0.25) is 0 Å². The average molecular weight is 287 g/mol. The Morgan fingerprint density at radius 3 is 2.10 bits per heavy atom. The van der Waals surface area contributed by atoms with Gasteiger partial charge >= 0.3 is 0 Å². The van der Waals surface area contributed by atoms with E-state index in [0.29, 0.717) is 11.8 Å². The standard InChI is InChI=1S/C18H29N3/c1-6-15(10-19)16-7-8-18(17(20)9-16)21(11-13(2)3)12-14(4)5/h7-9,13-15H,6,11-12,20H2,1-5H3. The van der Waals surface area contributed by atoms with Crippen LogP contribution < -0.4 is 10.6 Å². The third-order valence-electron chi connectivity index (χ3n) is 3.53. The van der Waals surface area contributed by atoms with Crippen molar-refractivity contribution in [3.63, 3.8) is 0 Å². The van der Waals surface area contributed by atoms with E-state index in [4.69, 9.17) is 5.73 Å². The van der Waals surface area contributed by atoms with Gasteiger partial charge in [-0.1, -0.05) is 40.7 Å². The molecule has 0 saturated carbocycles. The largest absolute Gasteiger partial charge is 0.397 e. The lowest BCUT2D eigenvalue weighted by Crippen LogP contribution is -2.31. The van der Waals surface area contributed by atoms with E-state index >= 15 is 0 Å². The molecule has 0 fully saturated rings. The van der Waals surface area contributed by atoms with Crippen molar-refractivity contribution >= 4 is 11.4 Å². The molecule has 1 unspecified atom stereocenters. The topological polar surface area (TPSA) is 53.0 Å². The summed E-state index contributed by atoms with van der Waals surface area (Å²) in [5, 5.41) is 9.19. The van der Waals surface area contributed by atoms with Crippen molar-refractivity contribution in [2.24, 2.45) is 11.8 Å². The lowest BCUT2D eigenvalue weighted by molar-refractivity contribution is 0.553. The molecule has 0 saturated heterocycles. The zero-order valence-electron chi connectivity index (χ0n) is 14.1. The molecule has 1 atom stereocenters. The minimum Gasteiger partial charge on any atom is -0.397 e. The Morgan fingerprint density at radius 1 is 1.14 bits per heavy atom. The normalized spacial score (nSPS) is 12.5. The fraction of sp³-hybridized carbons (Fsp3) is 0.611. The monoisotopic (exact) mass is 287 g/mol. The third kappa shape index (κ3) is 4.97. The zero-order valence-corrected chi connectivity index (χ0v) is 14.1. The van der Waals surface area contributed by atoms with Gasteiger partial charge in [-0.15, -0.1) is 0 Å². The summed E-state index contributed by atoms with van der Waals surface area (Å²) >= 11 is 0. The van der Waals surface area contributed by atoms with Crippen LogP contribution in [-0.4, -0.2) is 13.1 Å². The van der Waals surface area contributed by atoms with Gasteiger partial charge < -0.3 is 10.6 Å². The highest BCUT2D eigenvalue weighted by Gasteiger charge is 2.15. The average Bonchev–Trinajstić information content (AvgIpc) is 2.38. The molecule has 0 aliphatic heterocycles. The van der Waals surface area contributed by atoms with E-state index < -0.39 is 0 Å². The van der Waals surface area contributed by atoms with Gasteiger partial charge in [-0.3, -0.25) is 0 Å². The van der Waals surface area contributed by atoms with Crippen molar-refractivity contribution in [1.29, 1.82) is 5.26 Å². The van der Waals surface area contributed by atoms with Crippen molar-refractivity contribution in [2.75, 3.05) is 23.7 Å². The van der Waals surface area contributed by atoms with Crippen molar-refractivity contribution in [2.45, 2.75) is 47.0 Å². The van der Waals surface area contributed by atoms with Gasteiger partial charge in [0.25, 0.3) is 0 Å². The van der Waals surface area contributed by atoms with Crippen LogP contribution in [-0.2, 0) is 0 Å². The molecule has 116 valence electrons. The summed E-state index contributed by atoms with van der Waals surface area (Å²) in [7, 11) is 0. The molecule has 0 bridgehead atoms. The van der Waals surface area contributed by atoms with Crippen LogP contribution in [0.4, 0.5) is 11.4 Å². The fourth-order valence-corrected chi connectivity index (χ4v) is 2.63. The van der Waals surface area contributed by atoms with Gasteiger partial charge in [0.15, 0.2) is 0 Å². The second-order valence-electron chi connectivity index (χ2n) is 6.60. The molecular weight excluding hydrogens is 258 g/mol. The molecule has 0 aliphatic rings. The molecular formula is C18H29N3. The lowest BCUT2D eigenvalue weighted by Gasteiger charge is -2.30. The second-order valence-corrected chi connectivity index (χ2v) is 6.60. The zero-order chi connectivity index (χ0) is 16.0. The molecule has 0 aliphatic carbocycles. The maximum atomic E-state index is 9.19. The Balaban J connectivity index is 3.07. The van der Waals surface area contributed by atoms with Gasteiger partial charge in [0.1, 0.15) is 0 Å². The summed E-state index contributed by atoms with van der Waals surface area (Å²) in [5.74, 6) is 1.11. The van der Waals surface area contributed by atoms with Crippen LogP contribution in [0.5, 0.6) is 0 Å². The predicted molar refractivity (Wildman–Crippen MR) is 91.4 cm³/mol. The first-order valence-electron chi connectivity index (χ1n) is 7.92. The first-order chi connectivity index (χ1) is 9.88. The molecule has 21 heavy (non-hydrogen) atoms. The smallest absolute Gasteiger partial charge is 0.0710 e. The molecule has 0 spiro atoms. The molecule has 0 radical (unpaired) electrons. The third-order valence-corrected chi connectivity index (χ3v) is 3.53. The molecule has 0 heterocycles. The SMILES string of the molecule is CCC(C#N)c1ccc(N(CC(C)C)CC(C)C)c(N)c1. The number of nitrogens with two attached hydrogens (primary N) is 1. The van der Waals surface area contributed by atoms with Crippen molar-refractivity contribution in [1.82, 2.24) is 0 Å². The van der Waals surface area contributed by atoms with E-state index in [1.54, 1.807) is 0 Å². The molecule has 0 aromatic heterocycles. The Hall–Kier alpha value is -1.69. The van der Waals surface area contributed by atoms with E-state index in [0.717, 1.165) is 36.4 Å². The number of anilines is 2. The van der Waals surface area contributed by atoms with Gasteiger partial charge in [-0.2, -0.15) is 5.26 Å². The minimum atomic E-state index is -0.0648. The molecule has 0 amide bonds. The molecule has 1 rings (SSSR count). The summed E-state index contributed by atoms with van der Waals surface area (Å²) in [6, 6.07) is 8.44. The maximum absolute atomic E-state index is 9.19. The van der Waals surface area contributed by atoms with E-state index in [9.17, 15) is 5.26 Å². The number of hydrogen-bond donors (Lipinski definition) is 1. The van der Waals surface area contributed by atoms with Crippen LogP contribution >= 0.6 is 0 Å². The second kappa shape index (κ2) is 7.93. The number of nitrogen functional groups attached to an aromatic ring is 1. The van der Waals surface area contributed by atoms with Gasteiger partial charge in [0.05, 0.1) is 23.4 Å². The number of nitriles is 1. The van der Waals surface area contributed by atoms with Crippen molar-refractivity contribution in [3.8, 4) is 6.07 Å². The first-order valence-corrected chi connectivity index (χ1v) is 7.92. The van der Waals surface area contributed by atoms with Crippen molar-refractivity contribution < 1.29 is 0 Å². The Morgan fingerprint density at radius 2 is 1.71 bits per heavy atom. The van der Waals surface area contributed by atoms with E-state index in [-0.39, 0.29) is 5.92 Å². The molecule has 2 N–H and O–H groups in total. The highest BCUT2D eigenvalue weighted by molar-refractivity contribution is 5.69. The number of benzene rings is 1. The van der Waals surface area contributed by atoms with Crippen LogP contribution in [0.15, 0.2) is 18.2 Å². The van der Waals surface area contributed by atoms with Crippen LogP contribution in [0.25, 0.3) is 0 Å². The summed E-state index contributed by atoms with van der Waals surface area (Å²) < 4.78 is 0. The van der Waals surface area contributed by atoms with E-state index in [1.165, 1.54) is 0 Å². The van der Waals surface area contributed by atoms with Gasteiger partial charge in [-0.05, 0) is 36.0 Å². The Kier molecular flexibility index (Phi) is 6.55. The molecule has 3 nitrogen and oxygen atoms in total. The van der Waals surface area contributed by atoms with Crippen LogP contribution in [0.1, 0.15) is 52.5 Å². The van der Waals surface area contributed by atoms with Gasteiger partial charge in [0, 0.05) is 13.1 Å². The Bertz CT molecular complexity index is 476. The minimum absolute atomic E-state index is 0.0648. The molecule has 1 aromatic rings. The number of nitrogens with zero attached hydrogens (tertiary/aromatic N) is 2. The maximum Gasteiger partial charge on any atom is 0.0710 e. The molecule has 1 aromatic carbocycles. The number of hydrogen-bond acceptors (Lipinski definition) is 3. The van der Waals surface area contributed by atoms with Crippen LogP contribution in [0.2, 0.25) is 0 Å². The summed E-state index contributed by atoms with van der Waals surface area (Å²) in [6.07, 6.45) is 0.816. The fourth-order valence-electron chi connectivity index (χ4n) is 2.63. The predicted octanol–water partition coefficient (Wildman–Crippen LogP) is 4.40. The lowest BCUT2D eigenvalue weighted by atomic mass is 9.97. The van der Waals surface area contributed by atoms with Gasteiger partial charge in [-0.25, -0.2) is 0 Å². The number of rotatable bonds is 7. The van der Waals surface area contributed by atoms with Crippen LogP contribution in [0, 0.1) is 23.2 Å². The summed E-state index contributed by atoms with van der Waals surface area (Å²) in [6.45, 7) is 12.9.